The highest BCUT2D eigenvalue weighted by atomic mass is 16.1. The van der Waals surface area contributed by atoms with Gasteiger partial charge in [0.2, 0.25) is 0 Å². The molecule has 4 nitrogen and oxygen atoms in total. The molecule has 0 aliphatic heterocycles. The van der Waals surface area contributed by atoms with Gasteiger partial charge in [0.05, 0.1) is 0 Å². The first-order chi connectivity index (χ1) is 9.18. The monoisotopic (exact) mass is 261 g/mol. The fourth-order valence-corrected chi connectivity index (χ4v) is 2.96. The van der Waals surface area contributed by atoms with Crippen LogP contribution in [0.2, 0.25) is 0 Å². The molecule has 0 spiro atoms. The van der Waals surface area contributed by atoms with Crippen LogP contribution in [-0.2, 0) is 11.2 Å². The molecule has 1 fully saturated rings. The summed E-state index contributed by atoms with van der Waals surface area (Å²) in [4.78, 5) is 16.7. The van der Waals surface area contributed by atoms with Gasteiger partial charge in [0, 0.05) is 30.1 Å². The average molecular weight is 261 g/mol. The van der Waals surface area contributed by atoms with Crippen molar-refractivity contribution >= 4 is 11.6 Å². The van der Waals surface area contributed by atoms with Crippen molar-refractivity contribution in [2.45, 2.75) is 44.9 Å². The van der Waals surface area contributed by atoms with Crippen molar-refractivity contribution in [3.63, 3.8) is 0 Å². The molecule has 4 N–H and O–H groups in total. The molecule has 0 saturated heterocycles. The number of pyridine rings is 1. The number of hydrogen-bond donors (Lipinski definition) is 2. The minimum Gasteiger partial charge on any atom is -0.383 e. The topological polar surface area (TPSA) is 82.0 Å². The Hall–Kier alpha value is -1.42. The fourth-order valence-electron chi connectivity index (χ4n) is 2.96. The number of ketones is 1. The van der Waals surface area contributed by atoms with E-state index in [-0.39, 0.29) is 11.2 Å². The Morgan fingerprint density at radius 2 is 1.95 bits per heavy atom. The highest BCUT2D eigenvalue weighted by molar-refractivity contribution is 5.87. The summed E-state index contributed by atoms with van der Waals surface area (Å²) in [6, 6.07) is 3.70. The lowest BCUT2D eigenvalue weighted by molar-refractivity contribution is -0.128. The fraction of sp³-hybridized carbons (Fsp3) is 0.600. The van der Waals surface area contributed by atoms with Crippen LogP contribution in [0.15, 0.2) is 18.3 Å². The van der Waals surface area contributed by atoms with Crippen molar-refractivity contribution in [2.75, 3.05) is 12.3 Å². The van der Waals surface area contributed by atoms with Crippen LogP contribution in [0, 0.1) is 5.41 Å². The minimum atomic E-state index is -0.335. The van der Waals surface area contributed by atoms with E-state index in [1.807, 2.05) is 12.1 Å². The van der Waals surface area contributed by atoms with Gasteiger partial charge in [-0.2, -0.15) is 0 Å². The molecule has 0 atom stereocenters. The number of rotatable bonds is 4. The summed E-state index contributed by atoms with van der Waals surface area (Å²) < 4.78 is 0. The number of carbonyl (C=O) groups is 1. The summed E-state index contributed by atoms with van der Waals surface area (Å²) in [6.07, 6.45) is 8.47. The Balaban J connectivity index is 2.14. The molecule has 104 valence electrons. The maximum Gasteiger partial charge on any atom is 0.144 e. The number of nitrogen functional groups attached to an aromatic ring is 1. The molecular weight excluding hydrogens is 238 g/mol. The van der Waals surface area contributed by atoms with Crippen LogP contribution in [0.5, 0.6) is 0 Å². The van der Waals surface area contributed by atoms with Crippen molar-refractivity contribution in [3.05, 3.63) is 23.9 Å². The largest absolute Gasteiger partial charge is 0.383 e. The summed E-state index contributed by atoms with van der Waals surface area (Å²) in [5.41, 5.74) is 12.2. The molecule has 0 amide bonds. The maximum absolute atomic E-state index is 12.7. The molecular formula is C15H23N3O. The standard InChI is InChI=1S/C15H23N3O/c16-11-15(7-3-1-2-4-8-15)13(19)10-12-6-5-9-18-14(12)17/h5-6,9H,1-4,7-8,10-11,16H2,(H2,17,18). The van der Waals surface area contributed by atoms with E-state index in [1.54, 1.807) is 6.20 Å². The highest BCUT2D eigenvalue weighted by Crippen LogP contribution is 2.36. The van der Waals surface area contributed by atoms with E-state index >= 15 is 0 Å². The maximum atomic E-state index is 12.7. The van der Waals surface area contributed by atoms with Crippen molar-refractivity contribution in [1.82, 2.24) is 4.98 Å². The van der Waals surface area contributed by atoms with Crippen molar-refractivity contribution in [2.24, 2.45) is 11.1 Å². The van der Waals surface area contributed by atoms with Gasteiger partial charge in [0.1, 0.15) is 11.6 Å². The molecule has 0 unspecified atom stereocenters. The first-order valence-electron chi connectivity index (χ1n) is 7.11. The molecule has 1 saturated carbocycles. The first-order valence-corrected chi connectivity index (χ1v) is 7.11. The van der Waals surface area contributed by atoms with Gasteiger partial charge in [-0.05, 0) is 18.9 Å². The second-order valence-corrected chi connectivity index (χ2v) is 5.55. The van der Waals surface area contributed by atoms with Crippen LogP contribution in [-0.4, -0.2) is 17.3 Å². The molecule has 1 aromatic heterocycles. The lowest BCUT2D eigenvalue weighted by Gasteiger charge is -2.29. The van der Waals surface area contributed by atoms with E-state index in [4.69, 9.17) is 11.5 Å². The van der Waals surface area contributed by atoms with Crippen molar-refractivity contribution < 1.29 is 4.79 Å². The van der Waals surface area contributed by atoms with Gasteiger partial charge in [-0.15, -0.1) is 0 Å². The van der Waals surface area contributed by atoms with Crippen LogP contribution in [0.25, 0.3) is 0 Å². The third-order valence-corrected chi connectivity index (χ3v) is 4.32. The number of nitrogens with zero attached hydrogens (tertiary/aromatic N) is 1. The minimum absolute atomic E-state index is 0.233. The number of Topliss-reactive ketones (excluding diaryl/α,β-unsaturated/α-hetero) is 1. The summed E-state index contributed by atoms with van der Waals surface area (Å²) in [5, 5.41) is 0. The van der Waals surface area contributed by atoms with Crippen LogP contribution >= 0.6 is 0 Å². The van der Waals surface area contributed by atoms with Gasteiger partial charge in [-0.1, -0.05) is 31.7 Å². The molecule has 1 aliphatic rings. The lowest BCUT2D eigenvalue weighted by atomic mass is 9.75. The Kier molecular flexibility index (Phi) is 4.53. The Morgan fingerprint density at radius 3 is 2.53 bits per heavy atom. The Labute approximate surface area is 114 Å². The molecule has 1 aromatic rings. The Bertz CT molecular complexity index is 437. The van der Waals surface area contributed by atoms with E-state index in [1.165, 1.54) is 12.8 Å². The quantitative estimate of drug-likeness (QED) is 0.813. The molecule has 1 heterocycles. The molecule has 2 rings (SSSR count). The van der Waals surface area contributed by atoms with E-state index < -0.39 is 0 Å². The average Bonchev–Trinajstić information content (AvgIpc) is 2.67. The second-order valence-electron chi connectivity index (χ2n) is 5.55. The number of aromatic nitrogens is 1. The predicted molar refractivity (Wildman–Crippen MR) is 76.5 cm³/mol. The van der Waals surface area contributed by atoms with Gasteiger partial charge in [0.25, 0.3) is 0 Å². The van der Waals surface area contributed by atoms with Crippen LogP contribution in [0.4, 0.5) is 5.82 Å². The highest BCUT2D eigenvalue weighted by Gasteiger charge is 2.36. The normalized spacial score (nSPS) is 18.8. The van der Waals surface area contributed by atoms with Gasteiger partial charge >= 0.3 is 0 Å². The lowest BCUT2D eigenvalue weighted by Crippen LogP contribution is -2.39. The van der Waals surface area contributed by atoms with E-state index in [0.717, 1.165) is 31.2 Å². The van der Waals surface area contributed by atoms with Gasteiger partial charge in [-0.25, -0.2) is 4.98 Å². The summed E-state index contributed by atoms with van der Waals surface area (Å²) >= 11 is 0. The zero-order valence-corrected chi connectivity index (χ0v) is 11.4. The third-order valence-electron chi connectivity index (χ3n) is 4.32. The number of hydrogen-bond acceptors (Lipinski definition) is 4. The Morgan fingerprint density at radius 1 is 1.26 bits per heavy atom. The summed E-state index contributed by atoms with van der Waals surface area (Å²) in [6.45, 7) is 0.450. The number of carbonyl (C=O) groups excluding carboxylic acids is 1. The zero-order chi connectivity index (χ0) is 13.7. The molecule has 4 heteroatoms. The van der Waals surface area contributed by atoms with Crippen molar-refractivity contribution in [3.8, 4) is 0 Å². The SMILES string of the molecule is NCC1(C(=O)Cc2cccnc2N)CCCCCC1. The van der Waals surface area contributed by atoms with Crippen LogP contribution in [0.3, 0.4) is 0 Å². The molecule has 0 radical (unpaired) electrons. The zero-order valence-electron chi connectivity index (χ0n) is 11.4. The van der Waals surface area contributed by atoms with Crippen LogP contribution in [0.1, 0.15) is 44.1 Å². The van der Waals surface area contributed by atoms with Gasteiger partial charge in [-0.3, -0.25) is 4.79 Å². The first kappa shape index (κ1) is 14.0. The van der Waals surface area contributed by atoms with E-state index in [9.17, 15) is 4.79 Å². The third kappa shape index (κ3) is 3.13. The van der Waals surface area contributed by atoms with Gasteiger partial charge < -0.3 is 11.5 Å². The summed E-state index contributed by atoms with van der Waals surface area (Å²) in [7, 11) is 0. The molecule has 0 bridgehead atoms. The second kappa shape index (κ2) is 6.15. The van der Waals surface area contributed by atoms with Crippen molar-refractivity contribution in [1.29, 1.82) is 0 Å². The number of anilines is 1. The van der Waals surface area contributed by atoms with E-state index in [0.29, 0.717) is 18.8 Å². The van der Waals surface area contributed by atoms with E-state index in [2.05, 4.69) is 4.98 Å². The summed E-state index contributed by atoms with van der Waals surface area (Å²) in [5.74, 6) is 0.688. The molecule has 1 aliphatic carbocycles. The number of nitrogens with two attached hydrogens (primary N) is 2. The van der Waals surface area contributed by atoms with Crippen LogP contribution < -0.4 is 11.5 Å². The van der Waals surface area contributed by atoms with Gasteiger partial charge in [0.15, 0.2) is 0 Å². The smallest absolute Gasteiger partial charge is 0.144 e. The predicted octanol–water partition coefficient (Wildman–Crippen LogP) is 2.07. The molecule has 0 aromatic carbocycles. The molecule has 19 heavy (non-hydrogen) atoms.